The van der Waals surface area contributed by atoms with E-state index in [1.165, 1.54) is 13.9 Å². The van der Waals surface area contributed by atoms with Gasteiger partial charge in [-0.25, -0.2) is 4.39 Å². The monoisotopic (exact) mass is 602 g/mol. The third-order valence-corrected chi connectivity index (χ3v) is 8.04. The Hall–Kier alpha value is -3.73. The molecule has 2 aromatic rings. The number of nitrogens with zero attached hydrogens (tertiary/aromatic N) is 2. The summed E-state index contributed by atoms with van der Waals surface area (Å²) in [4.78, 5) is 40.2. The van der Waals surface area contributed by atoms with Gasteiger partial charge in [-0.2, -0.15) is 0 Å². The van der Waals surface area contributed by atoms with Crippen LogP contribution in [0.25, 0.3) is 0 Å². The van der Waals surface area contributed by atoms with Crippen LogP contribution in [0.1, 0.15) is 27.0 Å². The zero-order valence-electron chi connectivity index (χ0n) is 23.8. The quantitative estimate of drug-likeness (QED) is 0.0426. The van der Waals surface area contributed by atoms with Gasteiger partial charge in [0.15, 0.2) is 19.3 Å². The van der Waals surface area contributed by atoms with Crippen molar-refractivity contribution in [3.63, 3.8) is 0 Å². The van der Waals surface area contributed by atoms with Gasteiger partial charge in [0.05, 0.1) is 25.3 Å². The van der Waals surface area contributed by atoms with E-state index in [0.717, 1.165) is 7.05 Å². The second kappa shape index (κ2) is 11.7. The summed E-state index contributed by atoms with van der Waals surface area (Å²) in [5, 5.41) is 69.6. The number of morpholine rings is 1. The van der Waals surface area contributed by atoms with Gasteiger partial charge in [0, 0.05) is 55.6 Å². The van der Waals surface area contributed by atoms with E-state index >= 15 is 4.39 Å². The van der Waals surface area contributed by atoms with Gasteiger partial charge in [-0.05, 0) is 5.46 Å². The van der Waals surface area contributed by atoms with Crippen molar-refractivity contribution < 1.29 is 54.2 Å². The first-order chi connectivity index (χ1) is 20.1. The number of halogens is 1. The molecule has 1 fully saturated rings. The summed E-state index contributed by atoms with van der Waals surface area (Å²) < 4.78 is 20.8. The van der Waals surface area contributed by atoms with E-state index in [0.29, 0.717) is 46.3 Å². The molecule has 0 saturated carbocycles. The molecule has 8 N–H and O–H groups in total. The number of aromatic hydroxyl groups is 2. The predicted octanol–water partition coefficient (Wildman–Crippen LogP) is -4.47. The highest BCUT2D eigenvalue weighted by molar-refractivity contribution is 6.39. The number of carbonyl (C=O) groups is 3. The van der Waals surface area contributed by atoms with Crippen molar-refractivity contribution in [2.24, 2.45) is 0 Å². The fraction of sp³-hybridized carbons (Fsp3) is 0.423. The summed E-state index contributed by atoms with van der Waals surface area (Å²) in [7, 11) is 2.99. The Morgan fingerprint density at radius 3 is 2.37 bits per heavy atom. The van der Waals surface area contributed by atoms with Crippen LogP contribution in [0.2, 0.25) is 0 Å². The minimum atomic E-state index is -3.97. The Balaban J connectivity index is 1.72. The summed E-state index contributed by atoms with van der Waals surface area (Å²) in [6.45, 7) is 1.82. The average molecular weight is 602 g/mol. The summed E-state index contributed by atoms with van der Waals surface area (Å²) in [6, 6.07) is 4.87. The van der Waals surface area contributed by atoms with Crippen LogP contribution in [-0.2, 0) is 34.0 Å². The lowest BCUT2D eigenvalue weighted by atomic mass is 9.70. The molecule has 2 unspecified atom stereocenters. The number of ether oxygens (including phenoxy) is 1. The number of nitrogens with one attached hydrogen (secondary N) is 2. The number of phenolic OH excluding ortho intramolecular Hbond substituents is 2. The number of fused-ring (bicyclic) bond motifs is 1. The van der Waals surface area contributed by atoms with Crippen LogP contribution >= 0.6 is 0 Å². The molecule has 17 heteroatoms. The van der Waals surface area contributed by atoms with Crippen molar-refractivity contribution in [1.29, 1.82) is 0 Å². The second-order valence-corrected chi connectivity index (χ2v) is 10.8. The molecule has 0 spiro atoms. The molecule has 14 nitrogen and oxygen atoms in total. The molecule has 43 heavy (non-hydrogen) atoms. The van der Waals surface area contributed by atoms with E-state index < -0.39 is 58.3 Å². The van der Waals surface area contributed by atoms with Crippen LogP contribution in [0.15, 0.2) is 18.2 Å². The molecule has 4 rings (SSSR count). The van der Waals surface area contributed by atoms with Gasteiger partial charge in [0.25, 0.3) is 23.3 Å². The molecule has 2 amide bonds. The molecule has 0 radical (unpaired) electrons. The number of phenols is 2. The van der Waals surface area contributed by atoms with Crippen molar-refractivity contribution in [3.8, 4) is 11.5 Å². The second-order valence-electron chi connectivity index (χ2n) is 10.8. The zero-order chi connectivity index (χ0) is 31.9. The number of rotatable bonds is 10. The molecule has 2 heterocycles. The van der Waals surface area contributed by atoms with Crippen molar-refractivity contribution in [2.45, 2.75) is 36.6 Å². The van der Waals surface area contributed by atoms with Crippen LogP contribution < -0.4 is 16.1 Å². The van der Waals surface area contributed by atoms with E-state index in [1.54, 1.807) is 12.1 Å². The highest BCUT2D eigenvalue weighted by atomic mass is 19.1. The van der Waals surface area contributed by atoms with E-state index in [1.807, 2.05) is 10.2 Å². The topological polar surface area (TPSA) is 212 Å². The lowest BCUT2D eigenvalue weighted by Gasteiger charge is -2.47. The van der Waals surface area contributed by atoms with Gasteiger partial charge >= 0.3 is 0 Å². The fourth-order valence-corrected chi connectivity index (χ4v) is 5.32. The molecule has 2 aromatic carbocycles. The van der Waals surface area contributed by atoms with E-state index in [4.69, 9.17) is 4.74 Å². The van der Waals surface area contributed by atoms with Gasteiger partial charge < -0.3 is 50.8 Å². The molecule has 0 bridgehead atoms. The summed E-state index contributed by atoms with van der Waals surface area (Å²) in [5.41, 5.74) is -6.81. The number of aldehydes is 1. The maximum absolute atomic E-state index is 15.5. The third-order valence-electron chi connectivity index (χ3n) is 8.04. The zero-order valence-corrected chi connectivity index (χ0v) is 23.8. The molecule has 2 aliphatic heterocycles. The Kier molecular flexibility index (Phi) is 8.79. The maximum Gasteiger partial charge on any atom is 0.279 e. The lowest BCUT2D eigenvalue weighted by molar-refractivity contribution is -0.337. The number of carbonyl (C=O) groups excluding carboxylic acids is 3. The van der Waals surface area contributed by atoms with Gasteiger partial charge in [0.1, 0.15) is 25.5 Å². The van der Waals surface area contributed by atoms with Gasteiger partial charge in [0.2, 0.25) is 0 Å². The molecule has 2 atom stereocenters. The minimum Gasteiger partial charge on any atom is -0.505 e. The fourth-order valence-electron chi connectivity index (χ4n) is 5.32. The van der Waals surface area contributed by atoms with Gasteiger partial charge in [-0.1, -0.05) is 18.2 Å². The Morgan fingerprint density at radius 2 is 1.77 bits per heavy atom. The molecule has 0 aromatic heterocycles. The van der Waals surface area contributed by atoms with E-state index in [9.17, 15) is 45.0 Å². The standard InChI is InChI=1S/C26H33B2FN4O10/c1-30-23(38)25(40,26(41,42)24(28,39)12-34)33-11-15-16(22(33)37)20(35)21(36)17(27)19(15)31-9-13-3-2-4-14(18(13)29)10-32-5-7-43-8-6-32/h2-4,12,31,35-36,39-42H,5-11,27-28H2,1H3,(H,30,38). The first kappa shape index (κ1) is 32.2. The minimum absolute atomic E-state index is 0.0263. The van der Waals surface area contributed by atoms with Gasteiger partial charge in [-0.15, -0.1) is 0 Å². The number of hydrogen-bond donors (Lipinski definition) is 8. The number of likely N-dealkylation sites (N-methyl/N-ethyl adjacent to an activating group) is 1. The van der Waals surface area contributed by atoms with Crippen LogP contribution in [0.4, 0.5) is 10.1 Å². The smallest absolute Gasteiger partial charge is 0.279 e. The van der Waals surface area contributed by atoms with E-state index in [2.05, 4.69) is 5.32 Å². The van der Waals surface area contributed by atoms with Crippen LogP contribution in [0.3, 0.4) is 0 Å². The normalized spacial score (nSPS) is 18.5. The van der Waals surface area contributed by atoms with E-state index in [-0.39, 0.29) is 40.0 Å². The molecule has 230 valence electrons. The molecular formula is C26H33B2FN4O10. The summed E-state index contributed by atoms with van der Waals surface area (Å²) in [5.74, 6) is -9.04. The average Bonchev–Trinajstić information content (AvgIpc) is 3.34. The van der Waals surface area contributed by atoms with Crippen molar-refractivity contribution in [3.05, 3.63) is 46.3 Å². The number of hydrogen-bond acceptors (Lipinski definition) is 12. The van der Waals surface area contributed by atoms with Crippen molar-refractivity contribution in [1.82, 2.24) is 15.1 Å². The van der Waals surface area contributed by atoms with Crippen molar-refractivity contribution in [2.75, 3.05) is 38.7 Å². The third kappa shape index (κ3) is 5.21. The van der Waals surface area contributed by atoms with Crippen LogP contribution in [-0.4, -0.2) is 125 Å². The summed E-state index contributed by atoms with van der Waals surface area (Å²) >= 11 is 0. The Bertz CT molecular complexity index is 1450. The van der Waals surface area contributed by atoms with Crippen molar-refractivity contribution >= 4 is 44.9 Å². The number of anilines is 1. The largest absolute Gasteiger partial charge is 0.505 e. The lowest BCUT2D eigenvalue weighted by Crippen LogP contribution is -2.79. The predicted molar refractivity (Wildman–Crippen MR) is 153 cm³/mol. The first-order valence-corrected chi connectivity index (χ1v) is 13.4. The maximum atomic E-state index is 15.5. The van der Waals surface area contributed by atoms with Gasteiger partial charge in [-0.3, -0.25) is 19.4 Å². The first-order valence-electron chi connectivity index (χ1n) is 13.4. The Labute approximate surface area is 247 Å². The highest BCUT2D eigenvalue weighted by Crippen LogP contribution is 2.44. The molecular weight excluding hydrogens is 569 g/mol. The van der Waals surface area contributed by atoms with Crippen LogP contribution in [0.5, 0.6) is 11.5 Å². The molecule has 1 saturated heterocycles. The Morgan fingerprint density at radius 1 is 1.14 bits per heavy atom. The van der Waals surface area contributed by atoms with Crippen LogP contribution in [0, 0.1) is 5.82 Å². The molecule has 0 aliphatic carbocycles. The number of benzene rings is 2. The molecule has 2 aliphatic rings. The SMILES string of the molecule is Bc1c(O)c(O)c2c(c1NCc1cccc(CN3CCOCC3)c1F)CN(C(O)(C(=O)NC)C(O)(O)C(B)(O)C=O)C2=O. The number of aliphatic hydroxyl groups is 4. The highest BCUT2D eigenvalue weighted by Gasteiger charge is 2.68. The number of amides is 2. The summed E-state index contributed by atoms with van der Waals surface area (Å²) in [6.07, 6.45) is -0.337.